The Morgan fingerprint density at radius 3 is 2.36 bits per heavy atom. The zero-order valence-electron chi connectivity index (χ0n) is 18.5. The monoisotopic (exact) mass is 487 g/mol. The molecule has 0 atom stereocenters. The molecule has 1 saturated heterocycles. The predicted octanol–water partition coefficient (Wildman–Crippen LogP) is 4.45. The van der Waals surface area contributed by atoms with Gasteiger partial charge in [-0.05, 0) is 68.3 Å². The van der Waals surface area contributed by atoms with E-state index in [1.807, 2.05) is 19.1 Å². The highest BCUT2D eigenvalue weighted by Crippen LogP contribution is 2.29. The lowest BCUT2D eigenvalue weighted by atomic mass is 10.0. The Morgan fingerprint density at radius 1 is 1.12 bits per heavy atom. The fourth-order valence-corrected chi connectivity index (χ4v) is 5.75. The molecule has 0 unspecified atom stereocenters. The van der Waals surface area contributed by atoms with Gasteiger partial charge in [0.2, 0.25) is 0 Å². The van der Waals surface area contributed by atoms with Crippen molar-refractivity contribution in [2.45, 2.75) is 37.6 Å². The molecule has 1 aliphatic heterocycles. The number of amides is 1. The van der Waals surface area contributed by atoms with Gasteiger partial charge in [0.05, 0.1) is 16.3 Å². The molecule has 2 heterocycles. The number of aryl methyl sites for hydroxylation is 1. The van der Waals surface area contributed by atoms with E-state index in [2.05, 4.69) is 15.2 Å². The molecule has 1 amide bonds. The first-order valence-electron chi connectivity index (χ1n) is 10.9. The van der Waals surface area contributed by atoms with Gasteiger partial charge in [-0.15, -0.1) is 11.3 Å². The Hall–Kier alpha value is -2.78. The Balaban J connectivity index is 1.35. The van der Waals surface area contributed by atoms with Crippen molar-refractivity contribution in [1.82, 2.24) is 10.3 Å². The van der Waals surface area contributed by atoms with Gasteiger partial charge < -0.3 is 10.2 Å². The molecule has 4 rings (SSSR count). The van der Waals surface area contributed by atoms with Crippen LogP contribution in [-0.4, -0.2) is 44.2 Å². The van der Waals surface area contributed by atoms with Gasteiger partial charge in [0.15, 0.2) is 9.84 Å². The fraction of sp³-hybridized carbons (Fsp3) is 0.333. The zero-order valence-corrected chi connectivity index (χ0v) is 20.2. The molecule has 0 spiro atoms. The van der Waals surface area contributed by atoms with Crippen LogP contribution in [0.15, 0.2) is 53.4 Å². The van der Waals surface area contributed by atoms with Crippen LogP contribution in [0.2, 0.25) is 0 Å². The number of carbonyl (C=O) groups excluding carboxylic acids is 1. The normalized spacial score (nSPS) is 14.9. The molecule has 9 heteroatoms. The van der Waals surface area contributed by atoms with Gasteiger partial charge in [-0.2, -0.15) is 0 Å². The van der Waals surface area contributed by atoms with Gasteiger partial charge in [0.1, 0.15) is 15.7 Å². The SMILES string of the molecule is CCS(=O)(=O)c1ccc(N2CCC(NC(=O)c3sc(-c4ccc(F)cc4)nc3C)CC2)cc1. The molecule has 1 aromatic heterocycles. The summed E-state index contributed by atoms with van der Waals surface area (Å²) in [7, 11) is -3.20. The largest absolute Gasteiger partial charge is 0.371 e. The van der Waals surface area contributed by atoms with Crippen molar-refractivity contribution in [3.63, 3.8) is 0 Å². The molecule has 1 aliphatic rings. The number of thiazole rings is 1. The van der Waals surface area contributed by atoms with Crippen LogP contribution < -0.4 is 10.2 Å². The molecular weight excluding hydrogens is 461 g/mol. The van der Waals surface area contributed by atoms with Crippen molar-refractivity contribution in [2.75, 3.05) is 23.7 Å². The lowest BCUT2D eigenvalue weighted by Gasteiger charge is -2.34. The molecule has 2 aromatic carbocycles. The second-order valence-electron chi connectivity index (χ2n) is 8.07. The molecule has 33 heavy (non-hydrogen) atoms. The van der Waals surface area contributed by atoms with E-state index in [1.165, 1.54) is 23.5 Å². The third-order valence-corrected chi connectivity index (χ3v) is 8.82. The zero-order chi connectivity index (χ0) is 23.6. The second-order valence-corrected chi connectivity index (χ2v) is 11.3. The molecule has 6 nitrogen and oxygen atoms in total. The minimum atomic E-state index is -3.20. The average Bonchev–Trinajstić information content (AvgIpc) is 3.22. The summed E-state index contributed by atoms with van der Waals surface area (Å²) in [6.45, 7) is 4.99. The number of piperidine rings is 1. The number of nitrogens with zero attached hydrogens (tertiary/aromatic N) is 2. The van der Waals surface area contributed by atoms with Crippen molar-refractivity contribution < 1.29 is 17.6 Å². The van der Waals surface area contributed by atoms with E-state index < -0.39 is 9.84 Å². The Kier molecular flexibility index (Phi) is 6.81. The van der Waals surface area contributed by atoms with Crippen LogP contribution >= 0.6 is 11.3 Å². The summed E-state index contributed by atoms with van der Waals surface area (Å²) < 4.78 is 37.2. The lowest BCUT2D eigenvalue weighted by molar-refractivity contribution is 0.0934. The molecule has 1 N–H and O–H groups in total. The fourth-order valence-electron chi connectivity index (χ4n) is 3.89. The maximum Gasteiger partial charge on any atom is 0.263 e. The quantitative estimate of drug-likeness (QED) is 0.556. The van der Waals surface area contributed by atoms with E-state index in [4.69, 9.17) is 0 Å². The number of hydrogen-bond donors (Lipinski definition) is 1. The van der Waals surface area contributed by atoms with E-state index in [9.17, 15) is 17.6 Å². The van der Waals surface area contributed by atoms with Gasteiger partial charge in [0.25, 0.3) is 5.91 Å². The van der Waals surface area contributed by atoms with E-state index in [-0.39, 0.29) is 23.5 Å². The molecule has 1 fully saturated rings. The summed E-state index contributed by atoms with van der Waals surface area (Å²) in [5, 5.41) is 3.82. The first kappa shape index (κ1) is 23.4. The third kappa shape index (κ3) is 5.25. The summed E-state index contributed by atoms with van der Waals surface area (Å²) in [6.07, 6.45) is 1.59. The first-order chi connectivity index (χ1) is 15.8. The Morgan fingerprint density at radius 2 is 1.76 bits per heavy atom. The number of benzene rings is 2. The number of halogens is 1. The van der Waals surface area contributed by atoms with Gasteiger partial charge >= 0.3 is 0 Å². The van der Waals surface area contributed by atoms with Crippen LogP contribution in [0, 0.1) is 12.7 Å². The van der Waals surface area contributed by atoms with Crippen LogP contribution in [0.3, 0.4) is 0 Å². The van der Waals surface area contributed by atoms with Crippen LogP contribution in [0.25, 0.3) is 10.6 Å². The second kappa shape index (κ2) is 9.61. The van der Waals surface area contributed by atoms with E-state index in [1.54, 1.807) is 31.2 Å². The number of hydrogen-bond acceptors (Lipinski definition) is 6. The summed E-state index contributed by atoms with van der Waals surface area (Å²) in [6, 6.07) is 13.2. The van der Waals surface area contributed by atoms with Crippen molar-refractivity contribution in [3.8, 4) is 10.6 Å². The molecule has 0 aliphatic carbocycles. The number of rotatable bonds is 6. The van der Waals surface area contributed by atoms with Gasteiger partial charge in [0, 0.05) is 30.4 Å². The van der Waals surface area contributed by atoms with Crippen molar-refractivity contribution in [3.05, 3.63) is 64.9 Å². The third-order valence-electron chi connectivity index (χ3n) is 5.87. The van der Waals surface area contributed by atoms with E-state index >= 15 is 0 Å². The Bertz CT molecular complexity index is 1230. The van der Waals surface area contributed by atoms with E-state index in [0.717, 1.165) is 37.2 Å². The number of aromatic nitrogens is 1. The maximum absolute atomic E-state index is 13.2. The summed E-state index contributed by atoms with van der Waals surface area (Å²) in [5.74, 6) is -0.355. The van der Waals surface area contributed by atoms with Gasteiger partial charge in [-0.1, -0.05) is 6.92 Å². The van der Waals surface area contributed by atoms with Crippen LogP contribution in [0.1, 0.15) is 35.1 Å². The lowest BCUT2D eigenvalue weighted by Crippen LogP contribution is -2.44. The Labute approximate surface area is 197 Å². The van der Waals surface area contributed by atoms with Crippen LogP contribution in [-0.2, 0) is 9.84 Å². The molecule has 0 radical (unpaired) electrons. The predicted molar refractivity (Wildman–Crippen MR) is 129 cm³/mol. The molecule has 3 aromatic rings. The van der Waals surface area contributed by atoms with Crippen molar-refractivity contribution in [2.24, 2.45) is 0 Å². The summed E-state index contributed by atoms with van der Waals surface area (Å²) in [4.78, 5) is 20.5. The molecule has 174 valence electrons. The highest BCUT2D eigenvalue weighted by atomic mass is 32.2. The smallest absolute Gasteiger partial charge is 0.263 e. The van der Waals surface area contributed by atoms with Gasteiger partial charge in [-0.25, -0.2) is 17.8 Å². The maximum atomic E-state index is 13.2. The topological polar surface area (TPSA) is 79.4 Å². The summed E-state index contributed by atoms with van der Waals surface area (Å²) in [5.41, 5.74) is 2.43. The average molecular weight is 488 g/mol. The number of nitrogens with one attached hydrogen (secondary N) is 1. The standard InChI is InChI=1S/C24H26FN3O3S2/c1-3-33(30,31)21-10-8-20(9-11-21)28-14-12-19(13-15-28)27-23(29)22-16(2)26-24(32-22)17-4-6-18(25)7-5-17/h4-11,19H,3,12-15H2,1-2H3,(H,27,29). The van der Waals surface area contributed by atoms with Gasteiger partial charge in [-0.3, -0.25) is 4.79 Å². The number of carbonyl (C=O) groups is 1. The minimum Gasteiger partial charge on any atom is -0.371 e. The number of sulfone groups is 1. The summed E-state index contributed by atoms with van der Waals surface area (Å²) >= 11 is 1.31. The molecule has 0 bridgehead atoms. The minimum absolute atomic E-state index is 0.0595. The molecular formula is C24H26FN3O3S2. The highest BCUT2D eigenvalue weighted by Gasteiger charge is 2.24. The van der Waals surface area contributed by atoms with Crippen molar-refractivity contribution in [1.29, 1.82) is 0 Å². The first-order valence-corrected chi connectivity index (χ1v) is 13.4. The van der Waals surface area contributed by atoms with Crippen LogP contribution in [0.5, 0.6) is 0 Å². The van der Waals surface area contributed by atoms with Crippen molar-refractivity contribution >= 4 is 32.8 Å². The van der Waals surface area contributed by atoms with Crippen LogP contribution in [0.4, 0.5) is 10.1 Å². The highest BCUT2D eigenvalue weighted by molar-refractivity contribution is 7.91. The number of anilines is 1. The van der Waals surface area contributed by atoms with E-state index in [0.29, 0.717) is 20.5 Å². The molecule has 0 saturated carbocycles.